The summed E-state index contributed by atoms with van der Waals surface area (Å²) >= 11 is 0. The fourth-order valence-corrected chi connectivity index (χ4v) is 1.94. The van der Waals surface area contributed by atoms with Gasteiger partial charge in [0, 0.05) is 20.6 Å². The van der Waals surface area contributed by atoms with E-state index in [1.807, 2.05) is 32.1 Å². The maximum atomic E-state index is 13.2. The summed E-state index contributed by atoms with van der Waals surface area (Å²) in [6, 6.07) is 6.53. The highest BCUT2D eigenvalue weighted by Gasteiger charge is 2.09. The van der Waals surface area contributed by atoms with Crippen LogP contribution in [0, 0.1) is 5.82 Å². The summed E-state index contributed by atoms with van der Waals surface area (Å²) in [5.41, 5.74) is 6.58. The molecule has 0 aliphatic rings. The molecule has 21 heavy (non-hydrogen) atoms. The Bertz CT molecular complexity index is 616. The van der Waals surface area contributed by atoms with Crippen molar-refractivity contribution < 1.29 is 4.39 Å². The van der Waals surface area contributed by atoms with E-state index in [9.17, 15) is 4.39 Å². The van der Waals surface area contributed by atoms with Crippen molar-refractivity contribution in [2.45, 2.75) is 13.1 Å². The van der Waals surface area contributed by atoms with Crippen molar-refractivity contribution in [1.29, 1.82) is 0 Å². The van der Waals surface area contributed by atoms with Gasteiger partial charge in [-0.25, -0.2) is 4.39 Å². The molecule has 0 saturated carbocycles. The normalized spacial score (nSPS) is 10.9. The first kappa shape index (κ1) is 15.1. The summed E-state index contributed by atoms with van der Waals surface area (Å²) in [6.45, 7) is 1.10. The van der Waals surface area contributed by atoms with Crippen LogP contribution in [-0.4, -0.2) is 41.0 Å². The van der Waals surface area contributed by atoms with Gasteiger partial charge in [-0.3, -0.25) is 4.90 Å². The van der Waals surface area contributed by atoms with Crippen LogP contribution < -0.4 is 10.6 Å². The molecule has 0 saturated heterocycles. The van der Waals surface area contributed by atoms with Gasteiger partial charge in [-0.2, -0.15) is 15.0 Å². The van der Waals surface area contributed by atoms with Crippen molar-refractivity contribution in [2.75, 3.05) is 31.8 Å². The van der Waals surface area contributed by atoms with Crippen LogP contribution >= 0.6 is 0 Å². The lowest BCUT2D eigenvalue weighted by atomic mass is 10.2. The number of hydrogen-bond acceptors (Lipinski definition) is 6. The minimum absolute atomic E-state index is 0.197. The Morgan fingerprint density at radius 1 is 1.10 bits per heavy atom. The van der Waals surface area contributed by atoms with Gasteiger partial charge in [-0.15, -0.1) is 0 Å². The molecule has 1 aromatic carbocycles. The van der Waals surface area contributed by atoms with E-state index in [1.165, 1.54) is 12.1 Å². The predicted octanol–water partition coefficient (Wildman–Crippen LogP) is 1.29. The average molecular weight is 290 g/mol. The monoisotopic (exact) mass is 290 g/mol. The van der Waals surface area contributed by atoms with Gasteiger partial charge >= 0.3 is 0 Å². The number of nitrogens with zero attached hydrogens (tertiary/aromatic N) is 5. The molecule has 0 aliphatic heterocycles. The highest BCUT2D eigenvalue weighted by Crippen LogP contribution is 2.10. The molecule has 2 aromatic rings. The molecule has 0 aliphatic carbocycles. The van der Waals surface area contributed by atoms with Gasteiger partial charge in [0.15, 0.2) is 0 Å². The SMILES string of the molecule is CN(Cc1cccc(F)c1)Cc1nc(N)nc(N(C)C)n1. The molecule has 6 nitrogen and oxygen atoms in total. The topological polar surface area (TPSA) is 71.2 Å². The first-order valence-electron chi connectivity index (χ1n) is 6.55. The van der Waals surface area contributed by atoms with Gasteiger partial charge in [-0.05, 0) is 24.7 Å². The minimum Gasteiger partial charge on any atom is -0.368 e. The van der Waals surface area contributed by atoms with Crippen LogP contribution in [0.1, 0.15) is 11.4 Å². The maximum absolute atomic E-state index is 13.2. The lowest BCUT2D eigenvalue weighted by Crippen LogP contribution is -2.22. The summed E-state index contributed by atoms with van der Waals surface area (Å²) < 4.78 is 13.2. The van der Waals surface area contributed by atoms with Crippen LogP contribution in [0.2, 0.25) is 0 Å². The number of anilines is 2. The number of benzene rings is 1. The third-order valence-electron chi connectivity index (χ3n) is 2.84. The van der Waals surface area contributed by atoms with E-state index < -0.39 is 0 Å². The molecule has 0 radical (unpaired) electrons. The molecule has 2 N–H and O–H groups in total. The first-order valence-corrected chi connectivity index (χ1v) is 6.55. The van der Waals surface area contributed by atoms with E-state index in [0.29, 0.717) is 24.9 Å². The summed E-state index contributed by atoms with van der Waals surface area (Å²) in [5.74, 6) is 1.07. The number of nitrogens with two attached hydrogens (primary N) is 1. The molecule has 7 heteroatoms. The molecular weight excluding hydrogens is 271 g/mol. The molecule has 1 aromatic heterocycles. The lowest BCUT2D eigenvalue weighted by Gasteiger charge is -2.17. The Balaban J connectivity index is 2.07. The second-order valence-corrected chi connectivity index (χ2v) is 5.11. The first-order chi connectivity index (χ1) is 9.94. The summed E-state index contributed by atoms with van der Waals surface area (Å²) in [5, 5.41) is 0. The van der Waals surface area contributed by atoms with E-state index in [-0.39, 0.29) is 11.8 Å². The third kappa shape index (κ3) is 4.35. The number of rotatable bonds is 5. The molecule has 1 heterocycles. The van der Waals surface area contributed by atoms with E-state index in [2.05, 4.69) is 15.0 Å². The van der Waals surface area contributed by atoms with Gasteiger partial charge in [0.2, 0.25) is 11.9 Å². The Hall–Kier alpha value is -2.28. The molecule has 0 amide bonds. The van der Waals surface area contributed by atoms with E-state index in [0.717, 1.165) is 5.56 Å². The molecule has 0 atom stereocenters. The number of aromatic nitrogens is 3. The fourth-order valence-electron chi connectivity index (χ4n) is 1.94. The van der Waals surface area contributed by atoms with Crippen molar-refractivity contribution in [3.05, 3.63) is 41.5 Å². The largest absolute Gasteiger partial charge is 0.368 e. The second-order valence-electron chi connectivity index (χ2n) is 5.11. The molecule has 112 valence electrons. The van der Waals surface area contributed by atoms with Crippen LogP contribution in [0.5, 0.6) is 0 Å². The second kappa shape index (κ2) is 6.45. The Morgan fingerprint density at radius 2 is 1.86 bits per heavy atom. The van der Waals surface area contributed by atoms with Crippen LogP contribution in [0.4, 0.5) is 16.3 Å². The third-order valence-corrected chi connectivity index (χ3v) is 2.84. The van der Waals surface area contributed by atoms with Crippen molar-refractivity contribution in [1.82, 2.24) is 19.9 Å². The molecular formula is C14H19FN6. The van der Waals surface area contributed by atoms with Gasteiger partial charge in [0.25, 0.3) is 0 Å². The van der Waals surface area contributed by atoms with Gasteiger partial charge < -0.3 is 10.6 Å². The van der Waals surface area contributed by atoms with E-state index >= 15 is 0 Å². The molecule has 2 rings (SSSR count). The smallest absolute Gasteiger partial charge is 0.229 e. The standard InChI is InChI=1S/C14H19FN6/c1-20(2)14-18-12(17-13(16)19-14)9-21(3)8-10-5-4-6-11(15)7-10/h4-7H,8-9H2,1-3H3,(H2,16,17,18,19). The molecule has 0 bridgehead atoms. The maximum Gasteiger partial charge on any atom is 0.229 e. The Morgan fingerprint density at radius 3 is 2.52 bits per heavy atom. The predicted molar refractivity (Wildman–Crippen MR) is 80.1 cm³/mol. The fraction of sp³-hybridized carbons (Fsp3) is 0.357. The average Bonchev–Trinajstić information content (AvgIpc) is 2.37. The highest BCUT2D eigenvalue weighted by molar-refractivity contribution is 5.32. The van der Waals surface area contributed by atoms with Crippen LogP contribution in [0.25, 0.3) is 0 Å². The highest BCUT2D eigenvalue weighted by atomic mass is 19.1. The molecule has 0 fully saturated rings. The zero-order valence-corrected chi connectivity index (χ0v) is 12.4. The number of halogens is 1. The number of hydrogen-bond donors (Lipinski definition) is 1. The lowest BCUT2D eigenvalue weighted by molar-refractivity contribution is 0.310. The van der Waals surface area contributed by atoms with Crippen molar-refractivity contribution in [2.24, 2.45) is 0 Å². The van der Waals surface area contributed by atoms with Crippen molar-refractivity contribution >= 4 is 11.9 Å². The van der Waals surface area contributed by atoms with Crippen LogP contribution in [0.3, 0.4) is 0 Å². The van der Waals surface area contributed by atoms with E-state index in [1.54, 1.807) is 11.0 Å². The molecule has 0 unspecified atom stereocenters. The van der Waals surface area contributed by atoms with Crippen LogP contribution in [-0.2, 0) is 13.1 Å². The minimum atomic E-state index is -0.236. The van der Waals surface area contributed by atoms with E-state index in [4.69, 9.17) is 5.73 Å². The van der Waals surface area contributed by atoms with Gasteiger partial charge in [0.05, 0.1) is 6.54 Å². The number of nitrogen functional groups attached to an aromatic ring is 1. The summed E-state index contributed by atoms with van der Waals surface area (Å²) in [7, 11) is 5.60. The van der Waals surface area contributed by atoms with Crippen LogP contribution in [0.15, 0.2) is 24.3 Å². The van der Waals surface area contributed by atoms with Gasteiger partial charge in [0.1, 0.15) is 11.6 Å². The van der Waals surface area contributed by atoms with Gasteiger partial charge in [-0.1, -0.05) is 12.1 Å². The quantitative estimate of drug-likeness (QED) is 0.894. The van der Waals surface area contributed by atoms with Crippen molar-refractivity contribution in [3.8, 4) is 0 Å². The van der Waals surface area contributed by atoms with Crippen molar-refractivity contribution in [3.63, 3.8) is 0 Å². The zero-order chi connectivity index (χ0) is 15.4. The summed E-state index contributed by atoms with van der Waals surface area (Å²) in [6.07, 6.45) is 0. The molecule has 0 spiro atoms. The zero-order valence-electron chi connectivity index (χ0n) is 12.4. The summed E-state index contributed by atoms with van der Waals surface area (Å²) in [4.78, 5) is 16.3. The Kier molecular flexibility index (Phi) is 4.64. The Labute approximate surface area is 123 Å².